The van der Waals surface area contributed by atoms with Gasteiger partial charge in [0.15, 0.2) is 0 Å². The van der Waals surface area contributed by atoms with Crippen LogP contribution >= 0.6 is 0 Å². The van der Waals surface area contributed by atoms with Crippen LogP contribution in [0.4, 0.5) is 5.82 Å². The van der Waals surface area contributed by atoms with E-state index in [0.29, 0.717) is 25.2 Å². The zero-order valence-electron chi connectivity index (χ0n) is 12.2. The number of hydrogen-bond acceptors (Lipinski definition) is 4. The molecule has 1 fully saturated rings. The molecule has 1 saturated carbocycles. The maximum Gasteiger partial charge on any atom is 0.256 e. The van der Waals surface area contributed by atoms with Crippen LogP contribution in [-0.4, -0.2) is 41.3 Å². The van der Waals surface area contributed by atoms with E-state index < -0.39 is 0 Å². The Morgan fingerprint density at radius 2 is 2.24 bits per heavy atom. The lowest BCUT2D eigenvalue weighted by molar-refractivity contribution is -0.119. The van der Waals surface area contributed by atoms with E-state index >= 15 is 0 Å². The van der Waals surface area contributed by atoms with Crippen LogP contribution in [0.2, 0.25) is 0 Å². The second-order valence-corrected chi connectivity index (χ2v) is 5.72. The molecular weight excluding hydrogens is 268 g/mol. The van der Waals surface area contributed by atoms with Gasteiger partial charge in [-0.3, -0.25) is 9.59 Å². The van der Waals surface area contributed by atoms with Gasteiger partial charge in [-0.2, -0.15) is 0 Å². The predicted molar refractivity (Wildman–Crippen MR) is 78.9 cm³/mol. The first kappa shape index (κ1) is 13.9. The molecule has 1 aliphatic heterocycles. The second-order valence-electron chi connectivity index (χ2n) is 5.72. The standard InChI is InChI=1S/C15H20N4O2/c1-10(20)16-6-7-19-9-13-12(15(19)21)4-5-14(18-13)17-8-11-2-3-11/h4-5,11H,2-3,6-9H2,1H3,(H,16,20)(H,17,18). The third kappa shape index (κ3) is 3.32. The normalized spacial score (nSPS) is 16.8. The summed E-state index contributed by atoms with van der Waals surface area (Å²) in [6.45, 7) is 3.94. The quantitative estimate of drug-likeness (QED) is 0.819. The van der Waals surface area contributed by atoms with Crippen molar-refractivity contribution >= 4 is 17.6 Å². The van der Waals surface area contributed by atoms with E-state index in [1.807, 2.05) is 12.1 Å². The minimum absolute atomic E-state index is 0.00315. The van der Waals surface area contributed by atoms with Crippen molar-refractivity contribution in [1.29, 1.82) is 0 Å². The van der Waals surface area contributed by atoms with Gasteiger partial charge in [0.05, 0.1) is 17.8 Å². The monoisotopic (exact) mass is 288 g/mol. The highest BCUT2D eigenvalue weighted by Gasteiger charge is 2.28. The number of pyridine rings is 1. The van der Waals surface area contributed by atoms with Gasteiger partial charge in [0.25, 0.3) is 5.91 Å². The van der Waals surface area contributed by atoms with Crippen LogP contribution in [-0.2, 0) is 11.3 Å². The van der Waals surface area contributed by atoms with Gasteiger partial charge in [-0.25, -0.2) is 4.98 Å². The summed E-state index contributed by atoms with van der Waals surface area (Å²) in [4.78, 5) is 29.3. The molecule has 0 radical (unpaired) electrons. The highest BCUT2D eigenvalue weighted by Crippen LogP contribution is 2.29. The molecule has 2 N–H and O–H groups in total. The van der Waals surface area contributed by atoms with Crippen molar-refractivity contribution in [3.05, 3.63) is 23.4 Å². The minimum atomic E-state index is -0.0798. The summed E-state index contributed by atoms with van der Waals surface area (Å²) in [5.74, 6) is 1.55. The van der Waals surface area contributed by atoms with E-state index in [4.69, 9.17) is 0 Å². The van der Waals surface area contributed by atoms with Crippen molar-refractivity contribution in [3.8, 4) is 0 Å². The Hall–Kier alpha value is -2.11. The fourth-order valence-electron chi connectivity index (χ4n) is 2.46. The summed E-state index contributed by atoms with van der Waals surface area (Å²) >= 11 is 0. The van der Waals surface area contributed by atoms with Crippen molar-refractivity contribution in [2.75, 3.05) is 25.0 Å². The molecule has 2 amide bonds. The van der Waals surface area contributed by atoms with Crippen LogP contribution < -0.4 is 10.6 Å². The highest BCUT2D eigenvalue weighted by molar-refractivity contribution is 5.98. The summed E-state index contributed by atoms with van der Waals surface area (Å²) in [5, 5.41) is 6.03. The van der Waals surface area contributed by atoms with E-state index in [-0.39, 0.29) is 11.8 Å². The molecule has 21 heavy (non-hydrogen) atoms. The lowest BCUT2D eigenvalue weighted by Crippen LogP contribution is -2.34. The molecule has 2 heterocycles. The number of rotatable bonds is 6. The van der Waals surface area contributed by atoms with Crippen LogP contribution in [0.1, 0.15) is 35.8 Å². The minimum Gasteiger partial charge on any atom is -0.370 e. The second kappa shape index (κ2) is 5.71. The molecule has 6 heteroatoms. The topological polar surface area (TPSA) is 74.3 Å². The molecule has 0 aromatic carbocycles. The van der Waals surface area contributed by atoms with Crippen LogP contribution in [0.3, 0.4) is 0 Å². The first-order valence-electron chi connectivity index (χ1n) is 7.41. The number of carbonyl (C=O) groups is 2. The van der Waals surface area contributed by atoms with E-state index in [1.54, 1.807) is 4.90 Å². The number of aromatic nitrogens is 1. The van der Waals surface area contributed by atoms with Gasteiger partial charge in [-0.15, -0.1) is 0 Å². The highest BCUT2D eigenvalue weighted by atomic mass is 16.2. The van der Waals surface area contributed by atoms with E-state index in [0.717, 1.165) is 24.0 Å². The number of hydrogen-bond donors (Lipinski definition) is 2. The number of nitrogens with one attached hydrogen (secondary N) is 2. The zero-order chi connectivity index (χ0) is 14.8. The van der Waals surface area contributed by atoms with Gasteiger partial charge in [0.2, 0.25) is 5.91 Å². The first-order chi connectivity index (χ1) is 10.1. The maximum absolute atomic E-state index is 12.2. The molecule has 112 valence electrons. The molecule has 0 saturated heterocycles. The lowest BCUT2D eigenvalue weighted by atomic mass is 10.2. The van der Waals surface area contributed by atoms with Crippen molar-refractivity contribution in [1.82, 2.24) is 15.2 Å². The average molecular weight is 288 g/mol. The van der Waals surface area contributed by atoms with Crippen LogP contribution in [0.15, 0.2) is 12.1 Å². The third-order valence-corrected chi connectivity index (χ3v) is 3.86. The lowest BCUT2D eigenvalue weighted by Gasteiger charge is -2.14. The summed E-state index contributed by atoms with van der Waals surface area (Å²) in [6, 6.07) is 3.72. The van der Waals surface area contributed by atoms with Crippen molar-refractivity contribution in [2.45, 2.75) is 26.3 Å². The number of nitrogens with zero attached hydrogens (tertiary/aromatic N) is 2. The van der Waals surface area contributed by atoms with Crippen molar-refractivity contribution in [2.24, 2.45) is 5.92 Å². The van der Waals surface area contributed by atoms with Gasteiger partial charge in [-0.1, -0.05) is 0 Å². The Labute approximate surface area is 123 Å². The fourth-order valence-corrected chi connectivity index (χ4v) is 2.46. The molecule has 2 aliphatic rings. The SMILES string of the molecule is CC(=O)NCCN1Cc2nc(NCC3CC3)ccc2C1=O. The van der Waals surface area contributed by atoms with Gasteiger partial charge in [0, 0.05) is 26.6 Å². The maximum atomic E-state index is 12.2. The molecule has 1 aromatic heterocycles. The number of anilines is 1. The van der Waals surface area contributed by atoms with E-state index in [1.165, 1.54) is 19.8 Å². The zero-order valence-corrected chi connectivity index (χ0v) is 12.2. The fraction of sp³-hybridized carbons (Fsp3) is 0.533. The van der Waals surface area contributed by atoms with Gasteiger partial charge < -0.3 is 15.5 Å². The van der Waals surface area contributed by atoms with E-state index in [2.05, 4.69) is 15.6 Å². The molecule has 6 nitrogen and oxygen atoms in total. The largest absolute Gasteiger partial charge is 0.370 e. The van der Waals surface area contributed by atoms with Gasteiger partial charge >= 0.3 is 0 Å². The Bertz CT molecular complexity index is 569. The van der Waals surface area contributed by atoms with Crippen LogP contribution in [0.5, 0.6) is 0 Å². The Morgan fingerprint density at radius 1 is 1.43 bits per heavy atom. The number of carbonyl (C=O) groups excluding carboxylic acids is 2. The molecule has 1 aromatic rings. The molecule has 0 spiro atoms. The molecule has 0 atom stereocenters. The smallest absolute Gasteiger partial charge is 0.256 e. The Morgan fingerprint density at radius 3 is 2.95 bits per heavy atom. The third-order valence-electron chi connectivity index (χ3n) is 3.86. The summed E-state index contributed by atoms with van der Waals surface area (Å²) in [7, 11) is 0. The average Bonchev–Trinajstić information content (AvgIpc) is 3.22. The summed E-state index contributed by atoms with van der Waals surface area (Å²) in [6.07, 6.45) is 2.60. The van der Waals surface area contributed by atoms with Crippen molar-refractivity contribution < 1.29 is 9.59 Å². The van der Waals surface area contributed by atoms with Crippen molar-refractivity contribution in [3.63, 3.8) is 0 Å². The molecule has 0 bridgehead atoms. The van der Waals surface area contributed by atoms with Gasteiger partial charge in [0.1, 0.15) is 5.82 Å². The van der Waals surface area contributed by atoms with E-state index in [9.17, 15) is 9.59 Å². The predicted octanol–water partition coefficient (Wildman–Crippen LogP) is 0.995. The molecular formula is C15H20N4O2. The summed E-state index contributed by atoms with van der Waals surface area (Å²) in [5.41, 5.74) is 1.50. The Balaban J connectivity index is 1.60. The Kier molecular flexibility index (Phi) is 3.77. The number of amides is 2. The van der Waals surface area contributed by atoms with Crippen LogP contribution in [0.25, 0.3) is 0 Å². The molecule has 0 unspecified atom stereocenters. The van der Waals surface area contributed by atoms with Crippen LogP contribution in [0, 0.1) is 5.92 Å². The molecule has 3 rings (SSSR count). The number of fused-ring (bicyclic) bond motifs is 1. The molecule has 1 aliphatic carbocycles. The first-order valence-corrected chi connectivity index (χ1v) is 7.41. The van der Waals surface area contributed by atoms with Gasteiger partial charge in [-0.05, 0) is 30.9 Å². The summed E-state index contributed by atoms with van der Waals surface area (Å²) < 4.78 is 0.